The molecule has 0 unspecified atom stereocenters. The Morgan fingerprint density at radius 3 is 2.42 bits per heavy atom. The van der Waals surface area contributed by atoms with Gasteiger partial charge >= 0.3 is 7.82 Å². The van der Waals surface area contributed by atoms with E-state index in [-0.39, 0.29) is 5.76 Å². The molecule has 0 spiro atoms. The van der Waals surface area contributed by atoms with Gasteiger partial charge in [-0.05, 0) is 6.92 Å². The van der Waals surface area contributed by atoms with Gasteiger partial charge in [0.25, 0.3) is 0 Å². The number of phosphoric acid groups is 1. The fourth-order valence-electron chi connectivity index (χ4n) is 0.471. The van der Waals surface area contributed by atoms with Gasteiger partial charge in [0, 0.05) is 13.1 Å². The molecule has 0 heterocycles. The number of likely N-dealkylation sites (N-methyl/N-ethyl adjacent to an activating group) is 1. The first kappa shape index (κ1) is 11.2. The van der Waals surface area contributed by atoms with Crippen molar-refractivity contribution in [2.75, 3.05) is 7.05 Å². The van der Waals surface area contributed by atoms with Gasteiger partial charge in [0.2, 0.25) is 5.91 Å². The molecule has 0 bridgehead atoms. The minimum absolute atomic E-state index is 0.136. The second-order valence-corrected chi connectivity index (χ2v) is 3.11. The highest BCUT2D eigenvalue weighted by Crippen LogP contribution is 2.38. The van der Waals surface area contributed by atoms with Crippen LogP contribution in [-0.4, -0.2) is 22.7 Å². The molecule has 0 atom stereocenters. The Labute approximate surface area is 69.5 Å². The zero-order valence-electron chi connectivity index (χ0n) is 6.64. The molecule has 1 amide bonds. The van der Waals surface area contributed by atoms with E-state index in [4.69, 9.17) is 9.79 Å². The van der Waals surface area contributed by atoms with Gasteiger partial charge < -0.3 is 9.84 Å². The fourth-order valence-corrected chi connectivity index (χ4v) is 0.899. The zero-order valence-corrected chi connectivity index (χ0v) is 7.54. The third kappa shape index (κ3) is 5.91. The smallest absolute Gasteiger partial charge is 0.409 e. The molecule has 0 radical (unpaired) electrons. The largest absolute Gasteiger partial charge is 0.524 e. The van der Waals surface area contributed by atoms with Gasteiger partial charge in [0.1, 0.15) is 5.76 Å². The summed E-state index contributed by atoms with van der Waals surface area (Å²) in [5.41, 5.74) is 0. The molecule has 12 heavy (non-hydrogen) atoms. The van der Waals surface area contributed by atoms with Gasteiger partial charge in [0.05, 0.1) is 0 Å². The normalized spacial score (nSPS) is 12.5. The van der Waals surface area contributed by atoms with Crippen LogP contribution in [0.3, 0.4) is 0 Å². The van der Waals surface area contributed by atoms with E-state index in [0.29, 0.717) is 0 Å². The van der Waals surface area contributed by atoms with E-state index in [0.717, 1.165) is 6.08 Å². The second-order valence-electron chi connectivity index (χ2n) is 1.95. The first-order valence-electron chi connectivity index (χ1n) is 3.00. The Morgan fingerprint density at radius 2 is 2.08 bits per heavy atom. The molecule has 0 rings (SSSR count). The van der Waals surface area contributed by atoms with Crippen LogP contribution in [0, 0.1) is 0 Å². The monoisotopic (exact) mass is 195 g/mol. The molecular weight excluding hydrogens is 185 g/mol. The van der Waals surface area contributed by atoms with Crippen molar-refractivity contribution in [2.45, 2.75) is 6.92 Å². The number of nitrogens with one attached hydrogen (secondary N) is 1. The Bertz CT molecular complexity index is 242. The summed E-state index contributed by atoms with van der Waals surface area (Å²) in [6.07, 6.45) is 0.944. The van der Waals surface area contributed by atoms with Crippen molar-refractivity contribution < 1.29 is 23.7 Å². The van der Waals surface area contributed by atoms with Crippen molar-refractivity contribution in [3.63, 3.8) is 0 Å². The highest BCUT2D eigenvalue weighted by molar-refractivity contribution is 7.46. The molecule has 7 heteroatoms. The second kappa shape index (κ2) is 4.25. The van der Waals surface area contributed by atoms with Crippen LogP contribution in [-0.2, 0) is 13.9 Å². The van der Waals surface area contributed by atoms with E-state index in [1.807, 2.05) is 0 Å². The minimum Gasteiger partial charge on any atom is -0.409 e. The van der Waals surface area contributed by atoms with Crippen LogP contribution in [0.1, 0.15) is 6.92 Å². The van der Waals surface area contributed by atoms with Crippen LogP contribution in [0.25, 0.3) is 0 Å². The van der Waals surface area contributed by atoms with Crippen LogP contribution < -0.4 is 5.32 Å². The predicted octanol–water partition coefficient (Wildman–Crippen LogP) is -0.255. The van der Waals surface area contributed by atoms with Crippen molar-refractivity contribution >= 4 is 13.7 Å². The van der Waals surface area contributed by atoms with Gasteiger partial charge in [-0.25, -0.2) is 4.57 Å². The van der Waals surface area contributed by atoms with Crippen molar-refractivity contribution in [1.29, 1.82) is 0 Å². The van der Waals surface area contributed by atoms with E-state index < -0.39 is 13.7 Å². The number of amides is 1. The summed E-state index contributed by atoms with van der Waals surface area (Å²) in [5.74, 6) is -0.622. The summed E-state index contributed by atoms with van der Waals surface area (Å²) in [7, 11) is -3.14. The SMILES string of the molecule is CNC(=O)/C=C(/C)OP(=O)(O)O. The average Bonchev–Trinajstić information content (AvgIpc) is 1.82. The van der Waals surface area contributed by atoms with Gasteiger partial charge in [-0.15, -0.1) is 0 Å². The minimum atomic E-state index is -4.54. The molecule has 0 aromatic heterocycles. The predicted molar refractivity (Wildman–Crippen MR) is 41.0 cm³/mol. The number of phosphoric ester groups is 1. The first-order chi connectivity index (χ1) is 5.35. The van der Waals surface area contributed by atoms with E-state index in [9.17, 15) is 9.36 Å². The molecule has 6 nitrogen and oxygen atoms in total. The molecule has 0 fully saturated rings. The van der Waals surface area contributed by atoms with E-state index in [1.165, 1.54) is 14.0 Å². The molecule has 0 aliphatic rings. The van der Waals surface area contributed by atoms with E-state index in [2.05, 4.69) is 9.84 Å². The summed E-state index contributed by atoms with van der Waals surface area (Å²) in [6.45, 7) is 1.27. The van der Waals surface area contributed by atoms with Crippen LogP contribution in [0.5, 0.6) is 0 Å². The first-order valence-corrected chi connectivity index (χ1v) is 4.53. The number of hydrogen-bond donors (Lipinski definition) is 3. The number of carbonyl (C=O) groups excluding carboxylic acids is 1. The third-order valence-electron chi connectivity index (χ3n) is 0.844. The van der Waals surface area contributed by atoms with E-state index >= 15 is 0 Å². The Morgan fingerprint density at radius 1 is 1.58 bits per heavy atom. The van der Waals surface area contributed by atoms with Crippen molar-refractivity contribution in [2.24, 2.45) is 0 Å². The van der Waals surface area contributed by atoms with Crippen LogP contribution in [0.2, 0.25) is 0 Å². The topological polar surface area (TPSA) is 95.9 Å². The summed E-state index contributed by atoms with van der Waals surface area (Å²) in [6, 6.07) is 0. The maximum absolute atomic E-state index is 10.6. The summed E-state index contributed by atoms with van der Waals surface area (Å²) >= 11 is 0. The Balaban J connectivity index is 4.22. The van der Waals surface area contributed by atoms with E-state index in [1.54, 1.807) is 0 Å². The van der Waals surface area contributed by atoms with Crippen LogP contribution >= 0.6 is 7.82 Å². The number of hydrogen-bond acceptors (Lipinski definition) is 3. The third-order valence-corrected chi connectivity index (χ3v) is 1.37. The molecule has 0 aromatic rings. The molecule has 0 saturated heterocycles. The lowest BCUT2D eigenvalue weighted by atomic mass is 10.5. The lowest BCUT2D eigenvalue weighted by molar-refractivity contribution is -0.116. The van der Waals surface area contributed by atoms with Crippen LogP contribution in [0.4, 0.5) is 0 Å². The van der Waals surface area contributed by atoms with Gasteiger partial charge in [-0.1, -0.05) is 0 Å². The fraction of sp³-hybridized carbons (Fsp3) is 0.400. The highest BCUT2D eigenvalue weighted by Gasteiger charge is 2.15. The molecule has 0 aliphatic heterocycles. The summed E-state index contributed by atoms with van der Waals surface area (Å²) in [5, 5.41) is 2.23. The van der Waals surface area contributed by atoms with Crippen molar-refractivity contribution in [1.82, 2.24) is 5.32 Å². The number of carbonyl (C=O) groups is 1. The maximum Gasteiger partial charge on any atom is 0.524 e. The molecule has 0 aliphatic carbocycles. The molecule has 0 saturated carbocycles. The molecule has 3 N–H and O–H groups in total. The van der Waals surface area contributed by atoms with Crippen molar-refractivity contribution in [3.05, 3.63) is 11.8 Å². The lowest BCUT2D eigenvalue weighted by Gasteiger charge is -2.05. The number of rotatable bonds is 3. The quantitative estimate of drug-likeness (QED) is 0.327. The zero-order chi connectivity index (χ0) is 9.78. The molecular formula is C5H10NO5P. The average molecular weight is 195 g/mol. The van der Waals surface area contributed by atoms with Gasteiger partial charge in [0.15, 0.2) is 0 Å². The molecule has 70 valence electrons. The van der Waals surface area contributed by atoms with Gasteiger partial charge in [-0.3, -0.25) is 14.6 Å². The summed E-state index contributed by atoms with van der Waals surface area (Å²) < 4.78 is 14.3. The van der Waals surface area contributed by atoms with Crippen molar-refractivity contribution in [3.8, 4) is 0 Å². The molecule has 0 aromatic carbocycles. The maximum atomic E-state index is 10.6. The van der Waals surface area contributed by atoms with Gasteiger partial charge in [-0.2, -0.15) is 0 Å². The number of allylic oxidation sites excluding steroid dienone is 1. The Kier molecular flexibility index (Phi) is 3.95. The lowest BCUT2D eigenvalue weighted by Crippen LogP contribution is -2.14. The summed E-state index contributed by atoms with van der Waals surface area (Å²) in [4.78, 5) is 27.2. The van der Waals surface area contributed by atoms with Crippen LogP contribution in [0.15, 0.2) is 11.8 Å². The highest BCUT2D eigenvalue weighted by atomic mass is 31.2. The Hall–Kier alpha value is -0.840. The standard InChI is InChI=1S/C5H10NO5P/c1-4(3-5(7)6-2)11-12(8,9)10/h3H,1-2H3,(H,6,7)(H2,8,9,10)/b4-3-.